The van der Waals surface area contributed by atoms with E-state index in [2.05, 4.69) is 10.1 Å². The zero-order valence-corrected chi connectivity index (χ0v) is 11.2. The summed E-state index contributed by atoms with van der Waals surface area (Å²) in [6, 6.07) is 0.690. The molecule has 1 aliphatic carbocycles. The Bertz CT molecular complexity index is 245. The average molecular weight is 259 g/mol. The van der Waals surface area contributed by atoms with E-state index in [4.69, 9.17) is 20.4 Å². The molecule has 0 aromatic carbocycles. The van der Waals surface area contributed by atoms with Gasteiger partial charge in [-0.25, -0.2) is 0 Å². The third kappa shape index (κ3) is 6.78. The van der Waals surface area contributed by atoms with Crippen LogP contribution < -0.4 is 5.73 Å². The minimum Gasteiger partial charge on any atom is -0.409 e. The normalized spacial score (nSPS) is 16.4. The van der Waals surface area contributed by atoms with Gasteiger partial charge in [0.05, 0.1) is 13.2 Å². The second kappa shape index (κ2) is 9.13. The summed E-state index contributed by atoms with van der Waals surface area (Å²) in [5, 5.41) is 11.5. The predicted octanol–water partition coefficient (Wildman–Crippen LogP) is 0.640. The summed E-state index contributed by atoms with van der Waals surface area (Å²) in [6.07, 6.45) is 4.16. The molecular weight excluding hydrogens is 234 g/mol. The quantitative estimate of drug-likeness (QED) is 0.187. The highest BCUT2D eigenvalue weighted by Crippen LogP contribution is 2.26. The summed E-state index contributed by atoms with van der Waals surface area (Å²) in [7, 11) is 1.67. The molecule has 0 heterocycles. The van der Waals surface area contributed by atoms with Crippen molar-refractivity contribution in [3.8, 4) is 0 Å². The number of nitrogens with zero attached hydrogens (tertiary/aromatic N) is 2. The zero-order chi connectivity index (χ0) is 13.2. The van der Waals surface area contributed by atoms with Crippen LogP contribution >= 0.6 is 0 Å². The monoisotopic (exact) mass is 259 g/mol. The molecule has 1 fully saturated rings. The SMILES string of the molecule is COCCOCCCN(CCC(N)=NO)C1CC1. The van der Waals surface area contributed by atoms with Crippen molar-refractivity contribution in [1.82, 2.24) is 4.90 Å². The Balaban J connectivity index is 2.07. The van der Waals surface area contributed by atoms with Gasteiger partial charge in [0.1, 0.15) is 5.84 Å². The van der Waals surface area contributed by atoms with Crippen LogP contribution in [0.3, 0.4) is 0 Å². The first kappa shape index (κ1) is 15.2. The van der Waals surface area contributed by atoms with Crippen molar-refractivity contribution in [2.24, 2.45) is 10.9 Å². The molecular formula is C12H25N3O3. The summed E-state index contributed by atoms with van der Waals surface area (Å²) in [6.45, 7) is 3.94. The van der Waals surface area contributed by atoms with E-state index in [1.807, 2.05) is 0 Å². The zero-order valence-electron chi connectivity index (χ0n) is 11.2. The van der Waals surface area contributed by atoms with E-state index in [1.165, 1.54) is 12.8 Å². The topological polar surface area (TPSA) is 80.3 Å². The van der Waals surface area contributed by atoms with Gasteiger partial charge in [-0.2, -0.15) is 0 Å². The van der Waals surface area contributed by atoms with E-state index in [1.54, 1.807) is 7.11 Å². The molecule has 0 unspecified atom stereocenters. The number of amidine groups is 1. The van der Waals surface area contributed by atoms with Gasteiger partial charge < -0.3 is 20.4 Å². The molecule has 0 bridgehead atoms. The molecule has 0 aliphatic heterocycles. The Kier molecular flexibility index (Phi) is 7.71. The molecule has 3 N–H and O–H groups in total. The van der Waals surface area contributed by atoms with Gasteiger partial charge in [-0.1, -0.05) is 5.16 Å². The van der Waals surface area contributed by atoms with Crippen LogP contribution in [-0.2, 0) is 9.47 Å². The fourth-order valence-corrected chi connectivity index (χ4v) is 1.84. The number of methoxy groups -OCH3 is 1. The van der Waals surface area contributed by atoms with Crippen molar-refractivity contribution >= 4 is 5.84 Å². The first-order chi connectivity index (χ1) is 8.77. The van der Waals surface area contributed by atoms with Crippen molar-refractivity contribution in [1.29, 1.82) is 0 Å². The highest BCUT2D eigenvalue weighted by atomic mass is 16.5. The van der Waals surface area contributed by atoms with Gasteiger partial charge in [-0.3, -0.25) is 4.90 Å². The number of rotatable bonds is 11. The summed E-state index contributed by atoms with van der Waals surface area (Å²) < 4.78 is 10.3. The average Bonchev–Trinajstić information content (AvgIpc) is 3.21. The van der Waals surface area contributed by atoms with Crippen molar-refractivity contribution in [3.63, 3.8) is 0 Å². The van der Waals surface area contributed by atoms with E-state index in [0.717, 1.165) is 26.1 Å². The van der Waals surface area contributed by atoms with E-state index < -0.39 is 0 Å². The Morgan fingerprint density at radius 1 is 1.33 bits per heavy atom. The fourth-order valence-electron chi connectivity index (χ4n) is 1.84. The van der Waals surface area contributed by atoms with Crippen LogP contribution in [0.2, 0.25) is 0 Å². The maximum Gasteiger partial charge on any atom is 0.140 e. The van der Waals surface area contributed by atoms with Gasteiger partial charge >= 0.3 is 0 Å². The number of hydrogen-bond acceptors (Lipinski definition) is 5. The molecule has 1 saturated carbocycles. The summed E-state index contributed by atoms with van der Waals surface area (Å²) in [5.41, 5.74) is 5.49. The second-order valence-electron chi connectivity index (χ2n) is 4.57. The Morgan fingerprint density at radius 3 is 2.72 bits per heavy atom. The molecule has 0 spiro atoms. The molecule has 6 heteroatoms. The Morgan fingerprint density at radius 2 is 2.11 bits per heavy atom. The summed E-state index contributed by atoms with van der Waals surface area (Å²) in [5.74, 6) is 0.303. The molecule has 6 nitrogen and oxygen atoms in total. The van der Waals surface area contributed by atoms with E-state index >= 15 is 0 Å². The second-order valence-corrected chi connectivity index (χ2v) is 4.57. The molecule has 1 aliphatic rings. The first-order valence-corrected chi connectivity index (χ1v) is 6.55. The first-order valence-electron chi connectivity index (χ1n) is 6.55. The van der Waals surface area contributed by atoms with Crippen molar-refractivity contribution in [3.05, 3.63) is 0 Å². The van der Waals surface area contributed by atoms with Crippen LogP contribution in [-0.4, -0.2) is 62.0 Å². The van der Waals surface area contributed by atoms with Crippen molar-refractivity contribution in [2.45, 2.75) is 31.7 Å². The van der Waals surface area contributed by atoms with Gasteiger partial charge in [0.2, 0.25) is 0 Å². The van der Waals surface area contributed by atoms with Gasteiger partial charge in [0, 0.05) is 39.3 Å². The largest absolute Gasteiger partial charge is 0.409 e. The van der Waals surface area contributed by atoms with E-state index in [-0.39, 0.29) is 0 Å². The van der Waals surface area contributed by atoms with Gasteiger partial charge in [-0.15, -0.1) is 0 Å². The lowest BCUT2D eigenvalue weighted by Crippen LogP contribution is -2.31. The van der Waals surface area contributed by atoms with E-state index in [9.17, 15) is 0 Å². The molecule has 18 heavy (non-hydrogen) atoms. The predicted molar refractivity (Wildman–Crippen MR) is 69.9 cm³/mol. The van der Waals surface area contributed by atoms with E-state index in [0.29, 0.717) is 31.5 Å². The molecule has 1 rings (SSSR count). The van der Waals surface area contributed by atoms with Crippen LogP contribution in [0.25, 0.3) is 0 Å². The van der Waals surface area contributed by atoms with Crippen LogP contribution in [0, 0.1) is 0 Å². The molecule has 0 aromatic rings. The van der Waals surface area contributed by atoms with Crippen LogP contribution in [0.4, 0.5) is 0 Å². The number of oxime groups is 1. The summed E-state index contributed by atoms with van der Waals surface area (Å²) >= 11 is 0. The van der Waals surface area contributed by atoms with Crippen LogP contribution in [0.1, 0.15) is 25.7 Å². The Hall–Kier alpha value is -0.850. The van der Waals surface area contributed by atoms with Crippen LogP contribution in [0.5, 0.6) is 0 Å². The minimum absolute atomic E-state index is 0.303. The van der Waals surface area contributed by atoms with Gasteiger partial charge in [0.25, 0.3) is 0 Å². The van der Waals surface area contributed by atoms with Crippen molar-refractivity contribution < 1.29 is 14.7 Å². The van der Waals surface area contributed by atoms with Gasteiger partial charge in [-0.05, 0) is 19.3 Å². The van der Waals surface area contributed by atoms with Crippen molar-refractivity contribution in [2.75, 3.05) is 40.0 Å². The lowest BCUT2D eigenvalue weighted by Gasteiger charge is -2.21. The molecule has 106 valence electrons. The highest BCUT2D eigenvalue weighted by molar-refractivity contribution is 5.79. The van der Waals surface area contributed by atoms with Crippen LogP contribution in [0.15, 0.2) is 5.16 Å². The third-order valence-corrected chi connectivity index (χ3v) is 3.01. The van der Waals surface area contributed by atoms with Gasteiger partial charge in [0.15, 0.2) is 0 Å². The lowest BCUT2D eigenvalue weighted by molar-refractivity contribution is 0.0649. The molecule has 0 atom stereocenters. The fraction of sp³-hybridized carbons (Fsp3) is 0.917. The molecule has 0 aromatic heterocycles. The number of hydrogen-bond donors (Lipinski definition) is 2. The number of ether oxygens (including phenoxy) is 2. The maximum absolute atomic E-state index is 8.51. The standard InChI is InChI=1S/C12H25N3O3/c1-17-9-10-18-8-2-6-15(11-3-4-11)7-5-12(13)14-16/h11,16H,2-10H2,1H3,(H2,13,14). The minimum atomic E-state index is 0.303. The third-order valence-electron chi connectivity index (χ3n) is 3.01. The molecule has 0 saturated heterocycles. The maximum atomic E-state index is 8.51. The highest BCUT2D eigenvalue weighted by Gasteiger charge is 2.28. The lowest BCUT2D eigenvalue weighted by atomic mass is 10.3. The smallest absolute Gasteiger partial charge is 0.140 e. The number of nitrogens with two attached hydrogens (primary N) is 1. The Labute approximate surface area is 109 Å². The molecule has 0 radical (unpaired) electrons. The summed E-state index contributed by atoms with van der Waals surface area (Å²) in [4.78, 5) is 2.40. The molecule has 0 amide bonds.